The molecule has 0 unspecified atom stereocenters. The molecule has 0 aliphatic rings. The van der Waals surface area contributed by atoms with Crippen molar-refractivity contribution in [3.8, 4) is 17.0 Å². The number of nitrogens with zero attached hydrogens (tertiary/aromatic N) is 2. The third-order valence-electron chi connectivity index (χ3n) is 5.76. The van der Waals surface area contributed by atoms with Gasteiger partial charge in [0.1, 0.15) is 11.3 Å². The number of aliphatic hydroxyl groups excluding tert-OH is 1. The van der Waals surface area contributed by atoms with Gasteiger partial charge in [-0.05, 0) is 60.7 Å². The lowest BCUT2D eigenvalue weighted by atomic mass is 10.0. The number of amides is 1. The first-order chi connectivity index (χ1) is 15.9. The second-order valence-electron chi connectivity index (χ2n) is 7.97. The molecule has 0 spiro atoms. The maximum absolute atomic E-state index is 12.9. The van der Waals surface area contributed by atoms with Crippen LogP contribution in [0.5, 0.6) is 5.75 Å². The molecule has 1 atom stereocenters. The average molecular weight is 447 g/mol. The van der Waals surface area contributed by atoms with E-state index in [1.165, 1.54) is 10.6 Å². The lowest BCUT2D eigenvalue weighted by molar-refractivity contribution is 0.0924. The van der Waals surface area contributed by atoms with E-state index in [1.54, 1.807) is 25.4 Å². The van der Waals surface area contributed by atoms with Crippen molar-refractivity contribution in [2.24, 2.45) is 0 Å². The molecule has 33 heavy (non-hydrogen) atoms. The molecule has 1 amide bonds. The Morgan fingerprint density at radius 2 is 1.91 bits per heavy atom. The minimum atomic E-state index is -0.430. The van der Waals surface area contributed by atoms with E-state index in [-0.39, 0.29) is 23.4 Å². The predicted octanol–water partition coefficient (Wildman–Crippen LogP) is 3.17. The van der Waals surface area contributed by atoms with Crippen LogP contribution in [-0.2, 0) is 0 Å². The first kappa shape index (κ1) is 22.3. The highest BCUT2D eigenvalue weighted by Gasteiger charge is 2.19. The van der Waals surface area contributed by atoms with Crippen molar-refractivity contribution in [2.75, 3.05) is 13.7 Å². The lowest BCUT2D eigenvalue weighted by Crippen LogP contribution is -2.29. The van der Waals surface area contributed by atoms with Crippen LogP contribution in [0.25, 0.3) is 16.8 Å². The van der Waals surface area contributed by atoms with Gasteiger partial charge in [0, 0.05) is 12.7 Å². The van der Waals surface area contributed by atoms with Gasteiger partial charge in [0.2, 0.25) is 0 Å². The van der Waals surface area contributed by atoms with E-state index in [0.717, 1.165) is 22.3 Å². The predicted molar refractivity (Wildman–Crippen MR) is 126 cm³/mol. The van der Waals surface area contributed by atoms with E-state index in [9.17, 15) is 14.7 Å². The van der Waals surface area contributed by atoms with Gasteiger partial charge < -0.3 is 20.1 Å². The topological polar surface area (TPSA) is 109 Å². The molecule has 3 N–H and O–H groups in total. The zero-order chi connectivity index (χ0) is 23.5. The molecule has 0 saturated heterocycles. The fraction of sp³-hybridized carbons (Fsp3) is 0.240. The fourth-order valence-corrected chi connectivity index (χ4v) is 3.69. The molecule has 4 aromatic rings. The Hall–Kier alpha value is -3.91. The lowest BCUT2D eigenvalue weighted by Gasteiger charge is -2.18. The quantitative estimate of drug-likeness (QED) is 0.404. The van der Waals surface area contributed by atoms with Crippen molar-refractivity contribution >= 4 is 11.4 Å². The molecule has 0 radical (unpaired) electrons. The number of nitrogens with one attached hydrogen (secondary N) is 2. The fourth-order valence-electron chi connectivity index (χ4n) is 3.69. The van der Waals surface area contributed by atoms with Gasteiger partial charge in [-0.2, -0.15) is 5.10 Å². The number of aromatic amines is 1. The summed E-state index contributed by atoms with van der Waals surface area (Å²) in [7, 11) is 1.58. The minimum Gasteiger partial charge on any atom is -0.497 e. The molecule has 0 bridgehead atoms. The van der Waals surface area contributed by atoms with Gasteiger partial charge in [0.15, 0.2) is 5.69 Å². The third kappa shape index (κ3) is 4.65. The van der Waals surface area contributed by atoms with E-state index in [1.807, 2.05) is 44.2 Å². The first-order valence-electron chi connectivity index (χ1n) is 10.7. The summed E-state index contributed by atoms with van der Waals surface area (Å²) in [5, 5.41) is 16.7. The van der Waals surface area contributed by atoms with Crippen LogP contribution in [0.1, 0.15) is 39.6 Å². The van der Waals surface area contributed by atoms with Crippen molar-refractivity contribution in [1.82, 2.24) is 19.9 Å². The monoisotopic (exact) mass is 446 g/mol. The maximum atomic E-state index is 12.9. The Labute approximate surface area is 190 Å². The van der Waals surface area contributed by atoms with E-state index in [2.05, 4.69) is 15.4 Å². The van der Waals surface area contributed by atoms with E-state index < -0.39 is 11.9 Å². The number of carbonyl (C=O) groups is 1. The van der Waals surface area contributed by atoms with Crippen LogP contribution in [0.2, 0.25) is 0 Å². The SMILES string of the molecule is COc1ccc([C@@H](CCO)NC(=O)c2cc3c(=O)[nH]c(-c4ccc(C)c(C)c4)cn3n2)cc1. The molecular formula is C25H26N4O4. The van der Waals surface area contributed by atoms with Crippen molar-refractivity contribution in [2.45, 2.75) is 26.3 Å². The molecule has 2 aromatic heterocycles. The molecule has 4 rings (SSSR count). The van der Waals surface area contributed by atoms with Gasteiger partial charge in [0.25, 0.3) is 11.5 Å². The molecule has 0 aliphatic carbocycles. The highest BCUT2D eigenvalue weighted by Crippen LogP contribution is 2.22. The van der Waals surface area contributed by atoms with Crippen LogP contribution in [-0.4, -0.2) is 39.3 Å². The molecule has 8 nitrogen and oxygen atoms in total. The van der Waals surface area contributed by atoms with E-state index >= 15 is 0 Å². The molecular weight excluding hydrogens is 420 g/mol. The maximum Gasteiger partial charge on any atom is 0.274 e. The number of aryl methyl sites for hydroxylation is 2. The van der Waals surface area contributed by atoms with Gasteiger partial charge in [0.05, 0.1) is 25.0 Å². The van der Waals surface area contributed by atoms with Crippen molar-refractivity contribution in [3.63, 3.8) is 0 Å². The van der Waals surface area contributed by atoms with Crippen LogP contribution in [0.4, 0.5) is 0 Å². The summed E-state index contributed by atoms with van der Waals surface area (Å²) in [6.45, 7) is 3.94. The Balaban J connectivity index is 1.62. The van der Waals surface area contributed by atoms with Crippen molar-refractivity contribution in [1.29, 1.82) is 0 Å². The number of H-pyrrole nitrogens is 1. The van der Waals surface area contributed by atoms with Crippen molar-refractivity contribution in [3.05, 3.63) is 87.5 Å². The van der Waals surface area contributed by atoms with Crippen LogP contribution in [0.15, 0.2) is 59.5 Å². The van der Waals surface area contributed by atoms with Gasteiger partial charge in [-0.1, -0.05) is 24.3 Å². The summed E-state index contributed by atoms with van der Waals surface area (Å²) >= 11 is 0. The summed E-state index contributed by atoms with van der Waals surface area (Å²) in [5.41, 5.74) is 4.64. The number of fused-ring (bicyclic) bond motifs is 1. The molecule has 0 aliphatic heterocycles. The van der Waals surface area contributed by atoms with Crippen LogP contribution < -0.4 is 15.6 Å². The highest BCUT2D eigenvalue weighted by atomic mass is 16.5. The smallest absolute Gasteiger partial charge is 0.274 e. The third-order valence-corrected chi connectivity index (χ3v) is 5.76. The summed E-state index contributed by atoms with van der Waals surface area (Å²) in [6.07, 6.45) is 2.04. The molecule has 170 valence electrons. The van der Waals surface area contributed by atoms with Gasteiger partial charge in [-0.3, -0.25) is 9.59 Å². The summed E-state index contributed by atoms with van der Waals surface area (Å²) in [5.74, 6) is 0.270. The van der Waals surface area contributed by atoms with Gasteiger partial charge in [-0.15, -0.1) is 0 Å². The zero-order valence-corrected chi connectivity index (χ0v) is 18.8. The van der Waals surface area contributed by atoms with E-state index in [0.29, 0.717) is 17.9 Å². The highest BCUT2D eigenvalue weighted by molar-refractivity contribution is 5.93. The Kier molecular flexibility index (Phi) is 6.28. The molecule has 2 heterocycles. The summed E-state index contributed by atoms with van der Waals surface area (Å²) in [6, 6.07) is 14.2. The molecule has 8 heteroatoms. The summed E-state index contributed by atoms with van der Waals surface area (Å²) in [4.78, 5) is 28.5. The Morgan fingerprint density at radius 3 is 2.58 bits per heavy atom. The molecule has 0 fully saturated rings. The Bertz CT molecular complexity index is 1360. The van der Waals surface area contributed by atoms with Gasteiger partial charge >= 0.3 is 0 Å². The van der Waals surface area contributed by atoms with E-state index in [4.69, 9.17) is 4.74 Å². The van der Waals surface area contributed by atoms with Crippen LogP contribution in [0, 0.1) is 13.8 Å². The average Bonchev–Trinajstić information content (AvgIpc) is 3.26. The first-order valence-corrected chi connectivity index (χ1v) is 10.7. The standard InChI is InChI=1S/C25H26N4O4/c1-15-4-5-18(12-16(15)2)22-14-29-23(25(32)27-22)13-21(28-29)24(31)26-20(10-11-30)17-6-8-19(33-3)9-7-17/h4-9,12-14,20,30H,10-11H2,1-3H3,(H,26,31)(H,27,32)/t20-/m1/s1. The van der Waals surface area contributed by atoms with Gasteiger partial charge in [-0.25, -0.2) is 4.52 Å². The second-order valence-corrected chi connectivity index (χ2v) is 7.97. The minimum absolute atomic E-state index is 0.0961. The van der Waals surface area contributed by atoms with Crippen LogP contribution >= 0.6 is 0 Å². The van der Waals surface area contributed by atoms with Crippen LogP contribution in [0.3, 0.4) is 0 Å². The summed E-state index contributed by atoms with van der Waals surface area (Å²) < 4.78 is 6.60. The number of rotatable bonds is 7. The second kappa shape index (κ2) is 9.30. The number of methoxy groups -OCH3 is 1. The number of benzene rings is 2. The number of carbonyl (C=O) groups excluding carboxylic acids is 1. The largest absolute Gasteiger partial charge is 0.497 e. The van der Waals surface area contributed by atoms with Crippen molar-refractivity contribution < 1.29 is 14.6 Å². The number of hydrogen-bond acceptors (Lipinski definition) is 5. The number of aliphatic hydroxyl groups is 1. The Morgan fingerprint density at radius 1 is 1.15 bits per heavy atom. The number of ether oxygens (including phenoxy) is 1. The number of aromatic nitrogens is 3. The normalized spacial score (nSPS) is 12.0. The molecule has 2 aromatic carbocycles. The molecule has 0 saturated carbocycles. The number of hydrogen-bond donors (Lipinski definition) is 3. The zero-order valence-electron chi connectivity index (χ0n) is 18.8.